The van der Waals surface area contributed by atoms with E-state index in [0.29, 0.717) is 0 Å². The summed E-state index contributed by atoms with van der Waals surface area (Å²) in [7, 11) is 0. The molecule has 0 bridgehead atoms. The second kappa shape index (κ2) is 17.0. The van der Waals surface area contributed by atoms with Crippen molar-refractivity contribution in [1.29, 1.82) is 0 Å². The van der Waals surface area contributed by atoms with Gasteiger partial charge in [-0.05, 0) is 37.3 Å². The lowest BCUT2D eigenvalue weighted by atomic mass is 10.2. The summed E-state index contributed by atoms with van der Waals surface area (Å²) in [5.41, 5.74) is 5.95. The van der Waals surface area contributed by atoms with E-state index in [4.69, 9.17) is 5.73 Å². The topological polar surface area (TPSA) is 26.0 Å². The molecule has 0 atom stereocenters. The van der Waals surface area contributed by atoms with Crippen LogP contribution in [0.25, 0.3) is 0 Å². The Morgan fingerprint density at radius 1 is 1.12 bits per heavy atom. The smallest absolute Gasteiger partial charge is 0.0264 e. The lowest BCUT2D eigenvalue weighted by Crippen LogP contribution is -1.88. The van der Waals surface area contributed by atoms with Crippen molar-refractivity contribution in [3.8, 4) is 0 Å². The van der Waals surface area contributed by atoms with E-state index < -0.39 is 0 Å². The zero-order valence-electron chi connectivity index (χ0n) is 11.3. The first-order chi connectivity index (χ1) is 7.72. The fourth-order valence-corrected chi connectivity index (χ4v) is 1.90. The van der Waals surface area contributed by atoms with Crippen LogP contribution in [0.15, 0.2) is 24.4 Å². The molecule has 0 amide bonds. The van der Waals surface area contributed by atoms with E-state index in [1.165, 1.54) is 43.6 Å². The van der Waals surface area contributed by atoms with Crippen LogP contribution in [0.4, 0.5) is 0 Å². The Morgan fingerprint density at radius 2 is 1.81 bits per heavy atom. The van der Waals surface area contributed by atoms with E-state index in [0.717, 1.165) is 5.70 Å². The zero-order valence-corrected chi connectivity index (χ0v) is 12.1. The molecule has 0 saturated carbocycles. The SMILES string of the molecule is C=C/C(N)=C\C.CCCCCCSCCC. The third-order valence-electron chi connectivity index (χ3n) is 2.06. The Bertz CT molecular complexity index is 156. The molecule has 0 aromatic heterocycles. The van der Waals surface area contributed by atoms with Crippen molar-refractivity contribution >= 4 is 11.8 Å². The number of hydrogen-bond donors (Lipinski definition) is 1. The normalized spacial score (nSPS) is 10.6. The number of hydrogen-bond acceptors (Lipinski definition) is 2. The second-order valence-corrected chi connectivity index (χ2v) is 4.89. The van der Waals surface area contributed by atoms with Gasteiger partial charge in [0.25, 0.3) is 0 Å². The van der Waals surface area contributed by atoms with Gasteiger partial charge in [0.2, 0.25) is 0 Å². The average Bonchev–Trinajstić information content (AvgIpc) is 2.33. The van der Waals surface area contributed by atoms with Gasteiger partial charge in [0.1, 0.15) is 0 Å². The van der Waals surface area contributed by atoms with Gasteiger partial charge < -0.3 is 5.73 Å². The molecule has 0 aliphatic carbocycles. The highest BCUT2D eigenvalue weighted by Crippen LogP contribution is 2.07. The summed E-state index contributed by atoms with van der Waals surface area (Å²) in [5, 5.41) is 0. The fourth-order valence-electron chi connectivity index (χ4n) is 0.995. The van der Waals surface area contributed by atoms with Gasteiger partial charge in [-0.1, -0.05) is 45.8 Å². The molecule has 96 valence electrons. The van der Waals surface area contributed by atoms with Crippen LogP contribution in [-0.4, -0.2) is 11.5 Å². The summed E-state index contributed by atoms with van der Waals surface area (Å²) in [6, 6.07) is 0. The molecule has 0 aliphatic rings. The van der Waals surface area contributed by atoms with E-state index in [1.54, 1.807) is 12.2 Å². The van der Waals surface area contributed by atoms with Gasteiger partial charge in [0, 0.05) is 5.70 Å². The lowest BCUT2D eigenvalue weighted by Gasteiger charge is -1.97. The summed E-state index contributed by atoms with van der Waals surface area (Å²) < 4.78 is 0. The molecule has 0 rings (SSSR count). The summed E-state index contributed by atoms with van der Waals surface area (Å²) in [6.45, 7) is 9.82. The van der Waals surface area contributed by atoms with E-state index in [9.17, 15) is 0 Å². The minimum atomic E-state index is 0.731. The van der Waals surface area contributed by atoms with Crippen molar-refractivity contribution in [2.45, 2.75) is 52.9 Å². The first kappa shape index (κ1) is 18.0. The van der Waals surface area contributed by atoms with Crippen molar-refractivity contribution in [1.82, 2.24) is 0 Å². The highest BCUT2D eigenvalue weighted by atomic mass is 32.2. The minimum absolute atomic E-state index is 0.731. The van der Waals surface area contributed by atoms with Crippen molar-refractivity contribution < 1.29 is 0 Å². The Kier molecular flexibility index (Phi) is 19.2. The Balaban J connectivity index is 0. The predicted octanol–water partition coefficient (Wildman–Crippen LogP) is 4.74. The maximum atomic E-state index is 5.22. The van der Waals surface area contributed by atoms with Gasteiger partial charge in [0.15, 0.2) is 0 Å². The molecule has 0 saturated heterocycles. The van der Waals surface area contributed by atoms with Gasteiger partial charge in [-0.25, -0.2) is 0 Å². The van der Waals surface area contributed by atoms with Gasteiger partial charge in [0.05, 0.1) is 0 Å². The number of nitrogens with two attached hydrogens (primary N) is 1. The quantitative estimate of drug-likeness (QED) is 0.492. The highest BCUT2D eigenvalue weighted by Gasteiger charge is 1.87. The fraction of sp³-hybridized carbons (Fsp3) is 0.714. The van der Waals surface area contributed by atoms with Gasteiger partial charge >= 0.3 is 0 Å². The monoisotopic (exact) mass is 243 g/mol. The third-order valence-corrected chi connectivity index (χ3v) is 3.33. The predicted molar refractivity (Wildman–Crippen MR) is 79.9 cm³/mol. The molecule has 0 heterocycles. The average molecular weight is 243 g/mol. The van der Waals surface area contributed by atoms with Crippen molar-refractivity contribution in [3.63, 3.8) is 0 Å². The molecule has 0 unspecified atom stereocenters. The molecular formula is C14H29NS. The van der Waals surface area contributed by atoms with Crippen molar-refractivity contribution in [3.05, 3.63) is 24.4 Å². The highest BCUT2D eigenvalue weighted by molar-refractivity contribution is 7.99. The van der Waals surface area contributed by atoms with Gasteiger partial charge in [-0.3, -0.25) is 0 Å². The van der Waals surface area contributed by atoms with E-state index in [1.807, 2.05) is 6.92 Å². The Morgan fingerprint density at radius 3 is 2.19 bits per heavy atom. The number of allylic oxidation sites excluding steroid dienone is 2. The van der Waals surface area contributed by atoms with E-state index in [2.05, 4.69) is 32.2 Å². The molecule has 0 radical (unpaired) electrons. The zero-order chi connectivity index (χ0) is 12.6. The minimum Gasteiger partial charge on any atom is -0.399 e. The molecule has 0 aromatic rings. The van der Waals surface area contributed by atoms with Gasteiger partial charge in [-0.15, -0.1) is 0 Å². The maximum Gasteiger partial charge on any atom is 0.0264 e. The van der Waals surface area contributed by atoms with Crippen LogP contribution in [0, 0.1) is 0 Å². The summed E-state index contributed by atoms with van der Waals surface area (Å²) in [6.07, 6.45) is 10.4. The molecule has 0 aliphatic heterocycles. The first-order valence-corrected chi connectivity index (χ1v) is 7.50. The van der Waals surface area contributed by atoms with Crippen LogP contribution in [0.3, 0.4) is 0 Å². The number of rotatable bonds is 8. The Hall–Kier alpha value is -0.370. The molecule has 2 N–H and O–H groups in total. The van der Waals surface area contributed by atoms with Crippen LogP contribution in [0.2, 0.25) is 0 Å². The molecule has 0 fully saturated rings. The molecule has 2 heteroatoms. The van der Waals surface area contributed by atoms with Crippen molar-refractivity contribution in [2.75, 3.05) is 11.5 Å². The van der Waals surface area contributed by atoms with Crippen LogP contribution in [-0.2, 0) is 0 Å². The molecule has 0 spiro atoms. The summed E-state index contributed by atoms with van der Waals surface area (Å²) in [5.74, 6) is 2.74. The van der Waals surface area contributed by atoms with Crippen molar-refractivity contribution in [2.24, 2.45) is 5.73 Å². The standard InChI is InChI=1S/C9H20S.C5H9N/c1-3-5-6-7-9-10-8-4-2;1-3-5(6)4-2/h3-9H2,1-2H3;3-4H,1,6H2,2H3/b;5-4+. The van der Waals surface area contributed by atoms with Crippen LogP contribution >= 0.6 is 11.8 Å². The van der Waals surface area contributed by atoms with Gasteiger partial charge in [-0.2, -0.15) is 11.8 Å². The van der Waals surface area contributed by atoms with Crippen LogP contribution in [0.1, 0.15) is 52.9 Å². The lowest BCUT2D eigenvalue weighted by molar-refractivity contribution is 0.706. The van der Waals surface area contributed by atoms with Crippen LogP contribution < -0.4 is 5.73 Å². The first-order valence-electron chi connectivity index (χ1n) is 6.34. The summed E-state index contributed by atoms with van der Waals surface area (Å²) >= 11 is 2.10. The third kappa shape index (κ3) is 19.2. The number of unbranched alkanes of at least 4 members (excludes halogenated alkanes) is 3. The molecule has 0 aromatic carbocycles. The van der Waals surface area contributed by atoms with E-state index >= 15 is 0 Å². The molecule has 1 nitrogen and oxygen atoms in total. The second-order valence-electron chi connectivity index (χ2n) is 3.67. The largest absolute Gasteiger partial charge is 0.399 e. The Labute approximate surface area is 107 Å². The molecular weight excluding hydrogens is 214 g/mol. The van der Waals surface area contributed by atoms with E-state index in [-0.39, 0.29) is 0 Å². The number of thioether (sulfide) groups is 1. The summed E-state index contributed by atoms with van der Waals surface area (Å²) in [4.78, 5) is 0. The molecule has 16 heavy (non-hydrogen) atoms. The van der Waals surface area contributed by atoms with Crippen LogP contribution in [0.5, 0.6) is 0 Å². The maximum absolute atomic E-state index is 5.22.